The van der Waals surface area contributed by atoms with E-state index in [4.69, 9.17) is 0 Å². The smallest absolute Gasteiger partial charge is 0.224 e. The first-order valence-corrected chi connectivity index (χ1v) is 6.31. The predicted molar refractivity (Wildman–Crippen MR) is 63.2 cm³/mol. The molecule has 1 aromatic heterocycles. The molecule has 2 rings (SSSR count). The van der Waals surface area contributed by atoms with Gasteiger partial charge in [-0.05, 0) is 43.3 Å². The van der Waals surface area contributed by atoms with E-state index in [9.17, 15) is 4.79 Å². The first kappa shape index (κ1) is 10.6. The molecule has 1 aromatic rings. The number of carbonyl (C=O) groups excluding carboxylic acids is 1. The van der Waals surface area contributed by atoms with Gasteiger partial charge < -0.3 is 10.6 Å². The molecule has 3 nitrogen and oxygen atoms in total. The van der Waals surface area contributed by atoms with Gasteiger partial charge in [-0.1, -0.05) is 0 Å². The molecule has 1 fully saturated rings. The SMILES string of the molecule is O=C(CCC1CCNC1)Nc1ccsc1. The van der Waals surface area contributed by atoms with E-state index in [0.717, 1.165) is 25.2 Å². The Morgan fingerprint density at radius 1 is 1.67 bits per heavy atom. The van der Waals surface area contributed by atoms with Crippen LogP contribution in [0.2, 0.25) is 0 Å². The van der Waals surface area contributed by atoms with Crippen LogP contribution in [0.4, 0.5) is 5.69 Å². The van der Waals surface area contributed by atoms with Crippen LogP contribution in [-0.2, 0) is 4.79 Å². The molecule has 4 heteroatoms. The molecule has 2 heterocycles. The molecule has 0 aliphatic carbocycles. The minimum Gasteiger partial charge on any atom is -0.325 e. The lowest BCUT2D eigenvalue weighted by Crippen LogP contribution is -2.14. The Hall–Kier alpha value is -0.870. The Bertz CT molecular complexity index is 304. The zero-order valence-corrected chi connectivity index (χ0v) is 9.48. The summed E-state index contributed by atoms with van der Waals surface area (Å²) in [4.78, 5) is 11.5. The maximum atomic E-state index is 11.5. The van der Waals surface area contributed by atoms with E-state index >= 15 is 0 Å². The van der Waals surface area contributed by atoms with Crippen molar-refractivity contribution in [3.8, 4) is 0 Å². The van der Waals surface area contributed by atoms with Crippen molar-refractivity contribution < 1.29 is 4.79 Å². The number of carbonyl (C=O) groups is 1. The quantitative estimate of drug-likeness (QED) is 0.822. The summed E-state index contributed by atoms with van der Waals surface area (Å²) < 4.78 is 0. The van der Waals surface area contributed by atoms with Gasteiger partial charge in [0.1, 0.15) is 0 Å². The number of rotatable bonds is 4. The van der Waals surface area contributed by atoms with Crippen LogP contribution in [0.25, 0.3) is 0 Å². The van der Waals surface area contributed by atoms with E-state index < -0.39 is 0 Å². The molecule has 0 spiro atoms. The summed E-state index contributed by atoms with van der Waals surface area (Å²) in [6.07, 6.45) is 2.86. The van der Waals surface area contributed by atoms with Crippen LogP contribution in [0, 0.1) is 5.92 Å². The van der Waals surface area contributed by atoms with Gasteiger partial charge in [-0.2, -0.15) is 11.3 Å². The first-order chi connectivity index (χ1) is 7.34. The molecule has 82 valence electrons. The van der Waals surface area contributed by atoms with Crippen molar-refractivity contribution in [1.82, 2.24) is 5.32 Å². The van der Waals surface area contributed by atoms with Crippen LogP contribution in [0.15, 0.2) is 16.8 Å². The fourth-order valence-corrected chi connectivity index (χ4v) is 2.44. The normalized spacial score (nSPS) is 20.4. The van der Waals surface area contributed by atoms with Crippen molar-refractivity contribution >= 4 is 22.9 Å². The molecule has 0 aromatic carbocycles. The van der Waals surface area contributed by atoms with Crippen molar-refractivity contribution in [3.63, 3.8) is 0 Å². The van der Waals surface area contributed by atoms with Crippen molar-refractivity contribution in [2.75, 3.05) is 18.4 Å². The van der Waals surface area contributed by atoms with E-state index in [0.29, 0.717) is 12.3 Å². The van der Waals surface area contributed by atoms with Crippen molar-refractivity contribution in [2.24, 2.45) is 5.92 Å². The van der Waals surface area contributed by atoms with Crippen LogP contribution in [0.5, 0.6) is 0 Å². The number of anilines is 1. The van der Waals surface area contributed by atoms with Crippen molar-refractivity contribution in [2.45, 2.75) is 19.3 Å². The zero-order valence-electron chi connectivity index (χ0n) is 8.66. The highest BCUT2D eigenvalue weighted by atomic mass is 32.1. The Balaban J connectivity index is 1.68. The van der Waals surface area contributed by atoms with E-state index in [-0.39, 0.29) is 5.91 Å². The maximum Gasteiger partial charge on any atom is 0.224 e. The molecule has 0 radical (unpaired) electrons. The molecule has 1 aliphatic heterocycles. The molecule has 0 bridgehead atoms. The summed E-state index contributed by atoms with van der Waals surface area (Å²) in [6.45, 7) is 2.18. The van der Waals surface area contributed by atoms with Gasteiger partial charge in [-0.3, -0.25) is 4.79 Å². The Morgan fingerprint density at radius 2 is 2.60 bits per heavy atom. The van der Waals surface area contributed by atoms with Crippen LogP contribution in [-0.4, -0.2) is 19.0 Å². The standard InChI is InChI=1S/C11H16N2OS/c14-11(13-10-4-6-15-8-10)2-1-9-3-5-12-7-9/h4,6,8-9,12H,1-3,5,7H2,(H,13,14). The predicted octanol–water partition coefficient (Wildman–Crippen LogP) is 2.08. The molecule has 1 aliphatic rings. The van der Waals surface area contributed by atoms with Crippen LogP contribution < -0.4 is 10.6 Å². The topological polar surface area (TPSA) is 41.1 Å². The van der Waals surface area contributed by atoms with E-state index in [2.05, 4.69) is 10.6 Å². The number of thiophene rings is 1. The van der Waals surface area contributed by atoms with Crippen molar-refractivity contribution in [1.29, 1.82) is 0 Å². The molecule has 1 amide bonds. The van der Waals surface area contributed by atoms with Gasteiger partial charge in [0.05, 0.1) is 5.69 Å². The lowest BCUT2D eigenvalue weighted by atomic mass is 10.0. The van der Waals surface area contributed by atoms with Gasteiger partial charge in [0.25, 0.3) is 0 Å². The molecule has 2 N–H and O–H groups in total. The summed E-state index contributed by atoms with van der Waals surface area (Å²) in [5.74, 6) is 0.832. The highest BCUT2D eigenvalue weighted by Crippen LogP contribution is 2.16. The second kappa shape index (κ2) is 5.28. The third kappa shape index (κ3) is 3.32. The van der Waals surface area contributed by atoms with Crippen LogP contribution in [0.1, 0.15) is 19.3 Å². The van der Waals surface area contributed by atoms with Crippen LogP contribution >= 0.6 is 11.3 Å². The average molecular weight is 224 g/mol. The van der Waals surface area contributed by atoms with Gasteiger partial charge in [-0.15, -0.1) is 0 Å². The number of hydrogen-bond donors (Lipinski definition) is 2. The molecule has 1 saturated heterocycles. The monoisotopic (exact) mass is 224 g/mol. The highest BCUT2D eigenvalue weighted by Gasteiger charge is 2.15. The molecule has 1 atom stereocenters. The Kier molecular flexibility index (Phi) is 3.75. The lowest BCUT2D eigenvalue weighted by Gasteiger charge is -2.07. The largest absolute Gasteiger partial charge is 0.325 e. The Labute approximate surface area is 93.9 Å². The molecule has 1 unspecified atom stereocenters. The van der Waals surface area contributed by atoms with Crippen molar-refractivity contribution in [3.05, 3.63) is 16.8 Å². The fourth-order valence-electron chi connectivity index (χ4n) is 1.86. The lowest BCUT2D eigenvalue weighted by molar-refractivity contribution is -0.116. The minimum atomic E-state index is 0.139. The van der Waals surface area contributed by atoms with Crippen LogP contribution in [0.3, 0.4) is 0 Å². The second-order valence-electron chi connectivity index (χ2n) is 3.96. The van der Waals surface area contributed by atoms with Gasteiger partial charge in [0, 0.05) is 11.8 Å². The number of hydrogen-bond acceptors (Lipinski definition) is 3. The van der Waals surface area contributed by atoms with Gasteiger partial charge >= 0.3 is 0 Å². The summed E-state index contributed by atoms with van der Waals surface area (Å²) in [5.41, 5.74) is 0.926. The number of amides is 1. The summed E-state index contributed by atoms with van der Waals surface area (Å²) >= 11 is 1.60. The molecular formula is C11H16N2OS. The third-order valence-electron chi connectivity index (χ3n) is 2.75. The second-order valence-corrected chi connectivity index (χ2v) is 4.74. The Morgan fingerprint density at radius 3 is 3.27 bits per heavy atom. The summed E-state index contributed by atoms with van der Waals surface area (Å²) in [5, 5.41) is 10.1. The maximum absolute atomic E-state index is 11.5. The third-order valence-corrected chi connectivity index (χ3v) is 3.43. The molecule has 15 heavy (non-hydrogen) atoms. The zero-order chi connectivity index (χ0) is 10.5. The van der Waals surface area contributed by atoms with Gasteiger partial charge in [0.15, 0.2) is 0 Å². The van der Waals surface area contributed by atoms with Gasteiger partial charge in [-0.25, -0.2) is 0 Å². The summed E-state index contributed by atoms with van der Waals surface area (Å²) in [7, 11) is 0. The molecular weight excluding hydrogens is 208 g/mol. The molecule has 0 saturated carbocycles. The minimum absolute atomic E-state index is 0.139. The summed E-state index contributed by atoms with van der Waals surface area (Å²) in [6, 6.07) is 1.93. The fraction of sp³-hybridized carbons (Fsp3) is 0.545. The van der Waals surface area contributed by atoms with E-state index in [1.165, 1.54) is 6.42 Å². The van der Waals surface area contributed by atoms with Gasteiger partial charge in [0.2, 0.25) is 5.91 Å². The van der Waals surface area contributed by atoms with E-state index in [1.807, 2.05) is 16.8 Å². The van der Waals surface area contributed by atoms with E-state index in [1.54, 1.807) is 11.3 Å². The first-order valence-electron chi connectivity index (χ1n) is 5.37. The average Bonchev–Trinajstić information content (AvgIpc) is 2.86. The highest BCUT2D eigenvalue weighted by molar-refractivity contribution is 7.08. The number of nitrogens with one attached hydrogen (secondary N) is 2.